The van der Waals surface area contributed by atoms with Crippen LogP contribution in [0, 0.1) is 11.8 Å². The van der Waals surface area contributed by atoms with Gasteiger partial charge in [-0.1, -0.05) is 34.1 Å². The SMILES string of the molecule is CCC(C)C1COC[C@@H](CN(C)S(=O)(=O)CC(C)C)O1. The highest BCUT2D eigenvalue weighted by molar-refractivity contribution is 7.89. The van der Waals surface area contributed by atoms with E-state index in [4.69, 9.17) is 9.47 Å². The van der Waals surface area contributed by atoms with Gasteiger partial charge in [0.25, 0.3) is 0 Å². The Kier molecular flexibility index (Phi) is 6.91. The molecule has 0 saturated carbocycles. The molecule has 0 aliphatic carbocycles. The van der Waals surface area contributed by atoms with Crippen molar-refractivity contribution in [2.75, 3.05) is 32.6 Å². The second-order valence-corrected chi connectivity index (χ2v) is 8.29. The largest absolute Gasteiger partial charge is 0.376 e. The fourth-order valence-corrected chi connectivity index (χ4v) is 3.74. The summed E-state index contributed by atoms with van der Waals surface area (Å²) < 4.78 is 37.2. The molecule has 0 bridgehead atoms. The Morgan fingerprint density at radius 3 is 2.45 bits per heavy atom. The summed E-state index contributed by atoms with van der Waals surface area (Å²) in [6, 6.07) is 0. The molecule has 0 aromatic rings. The van der Waals surface area contributed by atoms with Gasteiger partial charge < -0.3 is 9.47 Å². The molecule has 120 valence electrons. The third-order valence-corrected chi connectivity index (χ3v) is 5.90. The molecule has 0 N–H and O–H groups in total. The molecule has 1 aliphatic heterocycles. The first-order valence-electron chi connectivity index (χ1n) is 7.43. The number of hydrogen-bond donors (Lipinski definition) is 0. The maximum absolute atomic E-state index is 12.1. The molecular formula is C14H29NO4S. The number of nitrogens with zero attached hydrogens (tertiary/aromatic N) is 1. The number of sulfonamides is 1. The summed E-state index contributed by atoms with van der Waals surface area (Å²) >= 11 is 0. The van der Waals surface area contributed by atoms with Crippen LogP contribution in [-0.2, 0) is 19.5 Å². The van der Waals surface area contributed by atoms with E-state index < -0.39 is 10.0 Å². The predicted octanol–water partition coefficient (Wildman–Crippen LogP) is 1.73. The molecule has 3 atom stereocenters. The van der Waals surface area contributed by atoms with Crippen molar-refractivity contribution in [3.05, 3.63) is 0 Å². The van der Waals surface area contributed by atoms with Crippen LogP contribution in [0.25, 0.3) is 0 Å². The third kappa shape index (κ3) is 5.31. The Morgan fingerprint density at radius 2 is 1.90 bits per heavy atom. The summed E-state index contributed by atoms with van der Waals surface area (Å²) in [4.78, 5) is 0. The van der Waals surface area contributed by atoms with Crippen LogP contribution in [0.4, 0.5) is 0 Å². The summed E-state index contributed by atoms with van der Waals surface area (Å²) in [5.74, 6) is 0.723. The molecule has 20 heavy (non-hydrogen) atoms. The van der Waals surface area contributed by atoms with Gasteiger partial charge in [-0.25, -0.2) is 12.7 Å². The Hall–Kier alpha value is -0.170. The smallest absolute Gasteiger partial charge is 0.214 e. The van der Waals surface area contributed by atoms with E-state index in [2.05, 4.69) is 13.8 Å². The summed E-state index contributed by atoms with van der Waals surface area (Å²) in [7, 11) is -1.59. The lowest BCUT2D eigenvalue weighted by Crippen LogP contribution is -2.46. The number of rotatable bonds is 7. The minimum atomic E-state index is -3.20. The molecule has 1 fully saturated rings. The molecule has 5 nitrogen and oxygen atoms in total. The van der Waals surface area contributed by atoms with Crippen LogP contribution < -0.4 is 0 Å². The number of ether oxygens (including phenoxy) is 2. The minimum Gasteiger partial charge on any atom is -0.376 e. The van der Waals surface area contributed by atoms with E-state index in [0.717, 1.165) is 6.42 Å². The Balaban J connectivity index is 2.55. The van der Waals surface area contributed by atoms with Crippen LogP contribution in [0.5, 0.6) is 0 Å². The molecule has 1 rings (SSSR count). The van der Waals surface area contributed by atoms with Crippen molar-refractivity contribution in [1.29, 1.82) is 0 Å². The molecule has 0 aromatic heterocycles. The van der Waals surface area contributed by atoms with Crippen LogP contribution in [0.2, 0.25) is 0 Å². The summed E-state index contributed by atoms with van der Waals surface area (Å²) in [5.41, 5.74) is 0. The van der Waals surface area contributed by atoms with Crippen LogP contribution in [-0.4, -0.2) is 57.5 Å². The van der Waals surface area contributed by atoms with Gasteiger partial charge in [-0.2, -0.15) is 0 Å². The van der Waals surface area contributed by atoms with E-state index >= 15 is 0 Å². The van der Waals surface area contributed by atoms with Crippen LogP contribution in [0.15, 0.2) is 0 Å². The van der Waals surface area contributed by atoms with Crippen LogP contribution >= 0.6 is 0 Å². The van der Waals surface area contributed by atoms with Gasteiger partial charge in [0.2, 0.25) is 10.0 Å². The zero-order valence-electron chi connectivity index (χ0n) is 13.3. The Morgan fingerprint density at radius 1 is 1.25 bits per heavy atom. The van der Waals surface area contributed by atoms with Crippen LogP contribution in [0.3, 0.4) is 0 Å². The second-order valence-electron chi connectivity index (χ2n) is 6.17. The molecule has 0 aromatic carbocycles. The summed E-state index contributed by atoms with van der Waals surface area (Å²) in [6.07, 6.45) is 0.928. The molecule has 1 aliphatic rings. The van der Waals surface area contributed by atoms with Gasteiger partial charge in [-0.3, -0.25) is 0 Å². The molecule has 6 heteroatoms. The van der Waals surface area contributed by atoms with E-state index in [-0.39, 0.29) is 23.9 Å². The van der Waals surface area contributed by atoms with Gasteiger partial charge in [0, 0.05) is 13.6 Å². The average molecular weight is 307 g/mol. The Bertz CT molecular complexity index is 383. The lowest BCUT2D eigenvalue weighted by Gasteiger charge is -2.35. The quantitative estimate of drug-likeness (QED) is 0.719. The topological polar surface area (TPSA) is 55.8 Å². The third-order valence-electron chi connectivity index (χ3n) is 3.71. The standard InChI is InChI=1S/C14H29NO4S/c1-6-12(4)14-9-18-8-13(19-14)7-15(5)20(16,17)10-11(2)3/h11-14H,6-10H2,1-5H3/t12?,13-,14?/m1/s1. The first kappa shape index (κ1) is 17.9. The Labute approximate surface area is 123 Å². The normalized spacial score (nSPS) is 26.1. The molecule has 0 amide bonds. The second kappa shape index (κ2) is 7.73. The molecule has 1 heterocycles. The highest BCUT2D eigenvalue weighted by atomic mass is 32.2. The van der Waals surface area contributed by atoms with E-state index in [1.165, 1.54) is 4.31 Å². The van der Waals surface area contributed by atoms with Crippen molar-refractivity contribution in [3.63, 3.8) is 0 Å². The van der Waals surface area contributed by atoms with Gasteiger partial charge in [0.15, 0.2) is 0 Å². The zero-order chi connectivity index (χ0) is 15.3. The highest BCUT2D eigenvalue weighted by Crippen LogP contribution is 2.19. The van der Waals surface area contributed by atoms with Crippen LogP contribution in [0.1, 0.15) is 34.1 Å². The first-order chi connectivity index (χ1) is 9.26. The molecule has 1 saturated heterocycles. The lowest BCUT2D eigenvalue weighted by atomic mass is 10.0. The van der Waals surface area contributed by atoms with Gasteiger partial charge in [-0.15, -0.1) is 0 Å². The predicted molar refractivity (Wildman–Crippen MR) is 80.2 cm³/mol. The summed E-state index contributed by atoms with van der Waals surface area (Å²) in [5, 5.41) is 0. The molecule has 0 spiro atoms. The van der Waals surface area contributed by atoms with E-state index in [9.17, 15) is 8.42 Å². The van der Waals surface area contributed by atoms with Crippen molar-refractivity contribution in [1.82, 2.24) is 4.31 Å². The fourth-order valence-electron chi connectivity index (χ4n) is 2.25. The maximum Gasteiger partial charge on any atom is 0.214 e. The molecular weight excluding hydrogens is 278 g/mol. The molecule has 0 radical (unpaired) electrons. The van der Waals surface area contributed by atoms with Crippen molar-refractivity contribution < 1.29 is 17.9 Å². The fraction of sp³-hybridized carbons (Fsp3) is 1.00. The monoisotopic (exact) mass is 307 g/mol. The summed E-state index contributed by atoms with van der Waals surface area (Å²) in [6.45, 7) is 9.51. The van der Waals surface area contributed by atoms with Crippen molar-refractivity contribution in [2.45, 2.75) is 46.3 Å². The minimum absolute atomic E-state index is 0.0694. The van der Waals surface area contributed by atoms with Crippen molar-refractivity contribution in [2.24, 2.45) is 11.8 Å². The van der Waals surface area contributed by atoms with Crippen molar-refractivity contribution in [3.8, 4) is 0 Å². The maximum atomic E-state index is 12.1. The van der Waals surface area contributed by atoms with Gasteiger partial charge >= 0.3 is 0 Å². The number of likely N-dealkylation sites (N-methyl/N-ethyl adjacent to an activating group) is 1. The van der Waals surface area contributed by atoms with Crippen molar-refractivity contribution >= 4 is 10.0 Å². The van der Waals surface area contributed by atoms with E-state index in [1.54, 1.807) is 7.05 Å². The zero-order valence-corrected chi connectivity index (χ0v) is 14.1. The average Bonchev–Trinajstić information content (AvgIpc) is 2.36. The van der Waals surface area contributed by atoms with E-state index in [1.807, 2.05) is 13.8 Å². The first-order valence-corrected chi connectivity index (χ1v) is 9.04. The lowest BCUT2D eigenvalue weighted by molar-refractivity contribution is -0.156. The van der Waals surface area contributed by atoms with E-state index in [0.29, 0.717) is 25.7 Å². The number of hydrogen-bond acceptors (Lipinski definition) is 4. The van der Waals surface area contributed by atoms with Gasteiger partial charge in [-0.05, 0) is 11.8 Å². The highest BCUT2D eigenvalue weighted by Gasteiger charge is 2.30. The molecule has 2 unspecified atom stereocenters. The van der Waals surface area contributed by atoms with Gasteiger partial charge in [0.1, 0.15) is 0 Å². The van der Waals surface area contributed by atoms with Gasteiger partial charge in [0.05, 0.1) is 31.2 Å².